The minimum atomic E-state index is -0.517. The number of carbonyl (C=O) groups excluding carboxylic acids is 1. The Balaban J connectivity index is 3.19. The maximum atomic E-state index is 12.0. The zero-order valence-electron chi connectivity index (χ0n) is 10.2. The lowest BCUT2D eigenvalue weighted by Gasteiger charge is -2.17. The summed E-state index contributed by atoms with van der Waals surface area (Å²) in [6, 6.07) is 0. The van der Waals surface area contributed by atoms with E-state index < -0.39 is 5.41 Å². The third kappa shape index (κ3) is 2.48. The van der Waals surface area contributed by atoms with Crippen molar-refractivity contribution < 1.29 is 14.3 Å². The van der Waals surface area contributed by atoms with Gasteiger partial charge in [0, 0.05) is 5.41 Å². The number of methoxy groups -OCH3 is 2. The van der Waals surface area contributed by atoms with E-state index in [1.165, 1.54) is 20.4 Å². The third-order valence-corrected chi connectivity index (χ3v) is 2.02. The van der Waals surface area contributed by atoms with Gasteiger partial charge < -0.3 is 9.47 Å². The molecule has 88 valence electrons. The van der Waals surface area contributed by atoms with Crippen molar-refractivity contribution in [3.63, 3.8) is 0 Å². The van der Waals surface area contributed by atoms with Crippen LogP contribution in [0.5, 0.6) is 11.8 Å². The van der Waals surface area contributed by atoms with Crippen LogP contribution in [0.1, 0.15) is 31.3 Å². The number of ketones is 1. The van der Waals surface area contributed by atoms with Gasteiger partial charge in [-0.25, -0.2) is 4.98 Å². The molecule has 0 spiro atoms. The summed E-state index contributed by atoms with van der Waals surface area (Å²) in [4.78, 5) is 20.1. The van der Waals surface area contributed by atoms with Gasteiger partial charge in [0.25, 0.3) is 0 Å². The predicted octanol–water partition coefficient (Wildman–Crippen LogP) is 1.72. The fraction of sp³-hybridized carbons (Fsp3) is 0.545. The van der Waals surface area contributed by atoms with Crippen molar-refractivity contribution in [1.82, 2.24) is 9.97 Å². The minimum absolute atomic E-state index is 0.112. The standard InChI is InChI=1S/C11H16N2O3/c1-11(2,3)9(14)8-10(16-5)13-7(15-4)6-12-8/h6H,1-5H3. The molecule has 0 aromatic carbocycles. The number of carbonyl (C=O) groups is 1. The van der Waals surface area contributed by atoms with Gasteiger partial charge in [0.1, 0.15) is 0 Å². The van der Waals surface area contributed by atoms with Gasteiger partial charge in [-0.1, -0.05) is 20.8 Å². The lowest BCUT2D eigenvalue weighted by Crippen LogP contribution is -2.22. The molecule has 1 heterocycles. The van der Waals surface area contributed by atoms with Crippen molar-refractivity contribution in [2.75, 3.05) is 14.2 Å². The van der Waals surface area contributed by atoms with Gasteiger partial charge in [0.05, 0.1) is 20.4 Å². The van der Waals surface area contributed by atoms with Crippen LogP contribution in [0.2, 0.25) is 0 Å². The van der Waals surface area contributed by atoms with Crippen molar-refractivity contribution in [3.05, 3.63) is 11.9 Å². The molecule has 0 bridgehead atoms. The Morgan fingerprint density at radius 2 is 1.88 bits per heavy atom. The molecular formula is C11H16N2O3. The van der Waals surface area contributed by atoms with Gasteiger partial charge in [-0.15, -0.1) is 0 Å². The Labute approximate surface area is 94.8 Å². The van der Waals surface area contributed by atoms with Crippen LogP contribution >= 0.6 is 0 Å². The first-order valence-corrected chi connectivity index (χ1v) is 4.90. The number of ether oxygens (including phenoxy) is 2. The van der Waals surface area contributed by atoms with Gasteiger partial charge in [-0.3, -0.25) is 4.79 Å². The Bertz CT molecular complexity index is 397. The first-order valence-electron chi connectivity index (χ1n) is 4.90. The molecule has 0 fully saturated rings. The largest absolute Gasteiger partial charge is 0.480 e. The van der Waals surface area contributed by atoms with Gasteiger partial charge in [0.15, 0.2) is 11.5 Å². The molecule has 0 saturated carbocycles. The van der Waals surface area contributed by atoms with E-state index in [-0.39, 0.29) is 17.4 Å². The molecule has 0 aliphatic rings. The smallest absolute Gasteiger partial charge is 0.246 e. The van der Waals surface area contributed by atoms with Gasteiger partial charge in [-0.05, 0) is 0 Å². The van der Waals surface area contributed by atoms with Crippen LogP contribution in [0.4, 0.5) is 0 Å². The molecule has 1 aromatic heterocycles. The third-order valence-electron chi connectivity index (χ3n) is 2.02. The second kappa shape index (κ2) is 4.47. The lowest BCUT2D eigenvalue weighted by molar-refractivity contribution is 0.0848. The molecule has 0 radical (unpaired) electrons. The molecule has 0 aliphatic heterocycles. The lowest BCUT2D eigenvalue weighted by atomic mass is 9.89. The molecule has 5 heteroatoms. The summed E-state index contributed by atoms with van der Waals surface area (Å²) in [5, 5.41) is 0. The van der Waals surface area contributed by atoms with Crippen molar-refractivity contribution in [2.24, 2.45) is 5.41 Å². The molecule has 16 heavy (non-hydrogen) atoms. The maximum Gasteiger partial charge on any atom is 0.246 e. The summed E-state index contributed by atoms with van der Waals surface area (Å²) in [7, 11) is 2.93. The number of Topliss-reactive ketones (excluding diaryl/α,β-unsaturated/α-hetero) is 1. The van der Waals surface area contributed by atoms with Crippen LogP contribution in [0.15, 0.2) is 6.20 Å². The highest BCUT2D eigenvalue weighted by atomic mass is 16.5. The number of nitrogens with zero attached hydrogens (tertiary/aromatic N) is 2. The molecule has 0 saturated heterocycles. The molecule has 0 N–H and O–H groups in total. The van der Waals surface area contributed by atoms with Gasteiger partial charge in [-0.2, -0.15) is 4.98 Å². The van der Waals surface area contributed by atoms with E-state index in [2.05, 4.69) is 9.97 Å². The van der Waals surface area contributed by atoms with Crippen LogP contribution in [-0.2, 0) is 0 Å². The summed E-state index contributed by atoms with van der Waals surface area (Å²) in [5.41, 5.74) is -0.285. The van der Waals surface area contributed by atoms with Crippen LogP contribution in [0.3, 0.4) is 0 Å². The van der Waals surface area contributed by atoms with Gasteiger partial charge in [0.2, 0.25) is 11.8 Å². The van der Waals surface area contributed by atoms with E-state index in [1.807, 2.05) is 20.8 Å². The fourth-order valence-corrected chi connectivity index (χ4v) is 1.11. The zero-order valence-corrected chi connectivity index (χ0v) is 10.2. The normalized spacial score (nSPS) is 11.1. The molecule has 1 aromatic rings. The monoisotopic (exact) mass is 224 g/mol. The summed E-state index contributed by atoms with van der Waals surface area (Å²) in [6.45, 7) is 5.46. The SMILES string of the molecule is COc1cnc(C(=O)C(C)(C)C)c(OC)n1. The zero-order chi connectivity index (χ0) is 12.3. The van der Waals surface area contributed by atoms with E-state index in [9.17, 15) is 4.79 Å². The maximum absolute atomic E-state index is 12.0. The molecule has 0 atom stereocenters. The van der Waals surface area contributed by atoms with Crippen LogP contribution in [0, 0.1) is 5.41 Å². The number of rotatable bonds is 3. The molecule has 0 aliphatic carbocycles. The Morgan fingerprint density at radius 1 is 1.25 bits per heavy atom. The summed E-state index contributed by atoms with van der Waals surface area (Å²) in [6.07, 6.45) is 1.40. The highest BCUT2D eigenvalue weighted by Gasteiger charge is 2.28. The first-order chi connectivity index (χ1) is 7.40. The highest BCUT2D eigenvalue weighted by molar-refractivity contribution is 5.99. The molecule has 1 rings (SSSR count). The van der Waals surface area contributed by atoms with Crippen molar-refractivity contribution in [3.8, 4) is 11.8 Å². The van der Waals surface area contributed by atoms with E-state index in [0.29, 0.717) is 5.88 Å². The Kier molecular flexibility index (Phi) is 3.47. The summed E-state index contributed by atoms with van der Waals surface area (Å²) < 4.78 is 9.94. The summed E-state index contributed by atoms with van der Waals surface area (Å²) in [5.74, 6) is 0.404. The average molecular weight is 224 g/mol. The van der Waals surface area contributed by atoms with E-state index in [1.54, 1.807) is 0 Å². The number of aromatic nitrogens is 2. The highest BCUT2D eigenvalue weighted by Crippen LogP contribution is 2.25. The molecule has 0 unspecified atom stereocenters. The van der Waals surface area contributed by atoms with Crippen molar-refractivity contribution in [2.45, 2.75) is 20.8 Å². The topological polar surface area (TPSA) is 61.3 Å². The van der Waals surface area contributed by atoms with Crippen molar-refractivity contribution in [1.29, 1.82) is 0 Å². The first kappa shape index (κ1) is 12.4. The van der Waals surface area contributed by atoms with E-state index >= 15 is 0 Å². The minimum Gasteiger partial charge on any atom is -0.480 e. The Morgan fingerprint density at radius 3 is 2.31 bits per heavy atom. The van der Waals surface area contributed by atoms with Crippen LogP contribution in [0.25, 0.3) is 0 Å². The molecule has 0 amide bonds. The van der Waals surface area contributed by atoms with Crippen LogP contribution in [-0.4, -0.2) is 30.0 Å². The van der Waals surface area contributed by atoms with E-state index in [4.69, 9.17) is 9.47 Å². The fourth-order valence-electron chi connectivity index (χ4n) is 1.11. The van der Waals surface area contributed by atoms with Gasteiger partial charge >= 0.3 is 0 Å². The number of hydrogen-bond donors (Lipinski definition) is 0. The molecule has 5 nitrogen and oxygen atoms in total. The predicted molar refractivity (Wildman–Crippen MR) is 58.9 cm³/mol. The Hall–Kier alpha value is -1.65. The average Bonchev–Trinajstić information content (AvgIpc) is 2.26. The number of hydrogen-bond acceptors (Lipinski definition) is 5. The van der Waals surface area contributed by atoms with Crippen molar-refractivity contribution >= 4 is 5.78 Å². The quantitative estimate of drug-likeness (QED) is 0.731. The molecular weight excluding hydrogens is 208 g/mol. The second-order valence-electron chi connectivity index (χ2n) is 4.35. The van der Waals surface area contributed by atoms with Crippen LogP contribution < -0.4 is 9.47 Å². The van der Waals surface area contributed by atoms with E-state index in [0.717, 1.165) is 0 Å². The summed E-state index contributed by atoms with van der Waals surface area (Å²) >= 11 is 0. The second-order valence-corrected chi connectivity index (χ2v) is 4.35.